The molecule has 1 amide bonds. The predicted molar refractivity (Wildman–Crippen MR) is 89.7 cm³/mol. The molecule has 10 heteroatoms. The van der Waals surface area contributed by atoms with Gasteiger partial charge >= 0.3 is 0 Å². The molecule has 1 aromatic heterocycles. The second kappa shape index (κ2) is 7.05. The number of nitro benzene ring substituents is 1. The number of nitrogens with one attached hydrogen (secondary N) is 1. The summed E-state index contributed by atoms with van der Waals surface area (Å²) in [5.74, 6) is -0.595. The molecule has 0 saturated heterocycles. The first kappa shape index (κ1) is 17.1. The highest BCUT2D eigenvalue weighted by molar-refractivity contribution is 5.90. The van der Waals surface area contributed by atoms with Gasteiger partial charge in [0.15, 0.2) is 0 Å². The zero-order valence-electron chi connectivity index (χ0n) is 13.6. The van der Waals surface area contributed by atoms with E-state index in [9.17, 15) is 19.3 Å². The number of carbonyl (C=O) groups is 1. The Morgan fingerprint density at radius 3 is 2.69 bits per heavy atom. The lowest BCUT2D eigenvalue weighted by molar-refractivity contribution is -0.385. The van der Waals surface area contributed by atoms with Gasteiger partial charge in [0.05, 0.1) is 4.92 Å². The minimum absolute atomic E-state index is 0.0831. The first-order valence-electron chi connectivity index (χ1n) is 7.51. The third-order valence-electron chi connectivity index (χ3n) is 3.53. The number of halogens is 1. The molecule has 0 radical (unpaired) electrons. The number of hydrogen-bond acceptors (Lipinski definition) is 6. The van der Waals surface area contributed by atoms with Crippen molar-refractivity contribution in [3.8, 4) is 11.4 Å². The number of nitro groups is 1. The van der Waals surface area contributed by atoms with Crippen molar-refractivity contribution < 1.29 is 14.1 Å². The first-order valence-corrected chi connectivity index (χ1v) is 7.51. The Balaban J connectivity index is 1.68. The molecule has 1 N–H and O–H groups in total. The Morgan fingerprint density at radius 2 is 2.00 bits per heavy atom. The van der Waals surface area contributed by atoms with Crippen LogP contribution in [0.4, 0.5) is 15.8 Å². The van der Waals surface area contributed by atoms with Crippen LogP contribution in [-0.2, 0) is 11.3 Å². The molecule has 0 unspecified atom stereocenters. The van der Waals surface area contributed by atoms with Gasteiger partial charge in [-0.05, 0) is 42.5 Å². The summed E-state index contributed by atoms with van der Waals surface area (Å²) in [6, 6.07) is 9.95. The van der Waals surface area contributed by atoms with Gasteiger partial charge in [-0.15, -0.1) is 10.2 Å². The van der Waals surface area contributed by atoms with E-state index in [0.717, 1.165) is 4.80 Å². The third-order valence-corrected chi connectivity index (χ3v) is 3.53. The fourth-order valence-corrected chi connectivity index (χ4v) is 2.24. The Bertz CT molecular complexity index is 970. The number of anilines is 1. The van der Waals surface area contributed by atoms with Crippen LogP contribution in [0, 0.1) is 22.9 Å². The van der Waals surface area contributed by atoms with Crippen LogP contribution in [0.25, 0.3) is 11.4 Å². The molecule has 3 rings (SSSR count). The van der Waals surface area contributed by atoms with Crippen LogP contribution < -0.4 is 5.32 Å². The van der Waals surface area contributed by atoms with E-state index in [1.54, 1.807) is 19.1 Å². The lowest BCUT2D eigenvalue weighted by atomic mass is 10.2. The zero-order valence-corrected chi connectivity index (χ0v) is 13.6. The van der Waals surface area contributed by atoms with Crippen molar-refractivity contribution >= 4 is 17.3 Å². The number of benzene rings is 2. The van der Waals surface area contributed by atoms with Gasteiger partial charge in [-0.1, -0.05) is 6.07 Å². The van der Waals surface area contributed by atoms with Gasteiger partial charge in [0.2, 0.25) is 11.7 Å². The summed E-state index contributed by atoms with van der Waals surface area (Å²) >= 11 is 0. The monoisotopic (exact) mass is 356 g/mol. The fraction of sp³-hybridized carbons (Fsp3) is 0.125. The lowest BCUT2D eigenvalue weighted by Gasteiger charge is -2.05. The normalized spacial score (nSPS) is 10.5. The molecule has 2 aromatic carbocycles. The van der Waals surface area contributed by atoms with Crippen LogP contribution in [-0.4, -0.2) is 31.0 Å². The maximum Gasteiger partial charge on any atom is 0.274 e. The van der Waals surface area contributed by atoms with Crippen LogP contribution >= 0.6 is 0 Å². The van der Waals surface area contributed by atoms with Crippen molar-refractivity contribution in [2.75, 3.05) is 5.32 Å². The fourth-order valence-electron chi connectivity index (χ4n) is 2.24. The third kappa shape index (κ3) is 3.86. The molecular weight excluding hydrogens is 343 g/mol. The van der Waals surface area contributed by atoms with Crippen LogP contribution in [0.3, 0.4) is 0 Å². The van der Waals surface area contributed by atoms with E-state index in [1.807, 2.05) is 0 Å². The van der Waals surface area contributed by atoms with Crippen LogP contribution in [0.2, 0.25) is 0 Å². The minimum Gasteiger partial charge on any atom is -0.324 e. The summed E-state index contributed by atoms with van der Waals surface area (Å²) in [5.41, 5.74) is 1.27. The van der Waals surface area contributed by atoms with Gasteiger partial charge in [-0.3, -0.25) is 14.9 Å². The van der Waals surface area contributed by atoms with Gasteiger partial charge in [0.25, 0.3) is 5.69 Å². The smallest absolute Gasteiger partial charge is 0.274 e. The summed E-state index contributed by atoms with van der Waals surface area (Å²) in [5, 5.41) is 25.1. The molecule has 0 bridgehead atoms. The molecule has 0 spiro atoms. The van der Waals surface area contributed by atoms with Gasteiger partial charge in [0.1, 0.15) is 12.4 Å². The average molecular weight is 356 g/mol. The number of nitrogens with zero attached hydrogens (tertiary/aromatic N) is 5. The molecule has 9 nitrogen and oxygen atoms in total. The SMILES string of the molecule is Cc1ccc(NC(=O)Cn2nnc(-c3ccc(F)cc3)n2)cc1[N+](=O)[O-]. The Morgan fingerprint density at radius 1 is 1.27 bits per heavy atom. The molecule has 132 valence electrons. The second-order valence-corrected chi connectivity index (χ2v) is 5.46. The second-order valence-electron chi connectivity index (χ2n) is 5.46. The van der Waals surface area contributed by atoms with Gasteiger partial charge in [-0.25, -0.2) is 4.39 Å². The highest BCUT2D eigenvalue weighted by atomic mass is 19.1. The summed E-state index contributed by atoms with van der Waals surface area (Å²) < 4.78 is 12.9. The van der Waals surface area contributed by atoms with E-state index in [0.29, 0.717) is 16.8 Å². The topological polar surface area (TPSA) is 116 Å². The highest BCUT2D eigenvalue weighted by Gasteiger charge is 2.14. The number of hydrogen-bond donors (Lipinski definition) is 1. The summed E-state index contributed by atoms with van der Waals surface area (Å²) in [6.45, 7) is 1.38. The Hall–Kier alpha value is -3.69. The standard InChI is InChI=1S/C16H13FN6O3/c1-10-2-7-13(8-14(10)23(25)26)18-15(24)9-22-20-16(19-21-22)11-3-5-12(17)6-4-11/h2-8H,9H2,1H3,(H,18,24). The van der Waals surface area contributed by atoms with Gasteiger partial charge in [0, 0.05) is 22.9 Å². The minimum atomic E-state index is -0.515. The molecule has 0 fully saturated rings. The summed E-state index contributed by atoms with van der Waals surface area (Å²) in [7, 11) is 0. The number of rotatable bonds is 5. The van der Waals surface area contributed by atoms with Crippen LogP contribution in [0.1, 0.15) is 5.56 Å². The lowest BCUT2D eigenvalue weighted by Crippen LogP contribution is -2.20. The van der Waals surface area contributed by atoms with E-state index in [4.69, 9.17) is 0 Å². The van der Waals surface area contributed by atoms with E-state index in [-0.39, 0.29) is 23.9 Å². The number of tetrazole rings is 1. The van der Waals surface area contributed by atoms with Crippen LogP contribution in [0.15, 0.2) is 42.5 Å². The Kier molecular flexibility index (Phi) is 4.65. The van der Waals surface area contributed by atoms with Gasteiger partial charge < -0.3 is 5.32 Å². The number of aryl methyl sites for hydroxylation is 1. The van der Waals surface area contributed by atoms with Crippen LogP contribution in [0.5, 0.6) is 0 Å². The van der Waals surface area contributed by atoms with E-state index in [1.165, 1.54) is 30.3 Å². The van der Waals surface area contributed by atoms with Crippen molar-refractivity contribution in [3.05, 3.63) is 64.0 Å². The summed E-state index contributed by atoms with van der Waals surface area (Å²) in [4.78, 5) is 23.6. The largest absolute Gasteiger partial charge is 0.324 e. The van der Waals surface area contributed by atoms with Crippen molar-refractivity contribution in [3.63, 3.8) is 0 Å². The quantitative estimate of drug-likeness (QED) is 0.554. The van der Waals surface area contributed by atoms with Crippen molar-refractivity contribution in [1.29, 1.82) is 0 Å². The average Bonchev–Trinajstić information content (AvgIpc) is 3.05. The van der Waals surface area contributed by atoms with E-state index >= 15 is 0 Å². The molecule has 0 saturated carbocycles. The maximum atomic E-state index is 12.9. The predicted octanol–water partition coefficient (Wildman–Crippen LogP) is 2.33. The molecule has 0 atom stereocenters. The zero-order chi connectivity index (χ0) is 18.7. The maximum absolute atomic E-state index is 12.9. The molecular formula is C16H13FN6O3. The molecule has 3 aromatic rings. The molecule has 0 aliphatic heterocycles. The van der Waals surface area contributed by atoms with Crippen molar-refractivity contribution in [2.45, 2.75) is 13.5 Å². The molecule has 0 aliphatic carbocycles. The summed E-state index contributed by atoms with van der Waals surface area (Å²) in [6.07, 6.45) is 0. The molecule has 26 heavy (non-hydrogen) atoms. The van der Waals surface area contributed by atoms with Crippen molar-refractivity contribution in [2.24, 2.45) is 0 Å². The number of aromatic nitrogens is 4. The van der Waals surface area contributed by atoms with E-state index < -0.39 is 10.8 Å². The highest BCUT2D eigenvalue weighted by Crippen LogP contribution is 2.22. The van der Waals surface area contributed by atoms with Gasteiger partial charge in [-0.2, -0.15) is 4.80 Å². The number of amides is 1. The van der Waals surface area contributed by atoms with E-state index in [2.05, 4.69) is 20.7 Å². The molecule has 0 aliphatic rings. The Labute approximate surface area is 146 Å². The molecule has 1 heterocycles. The number of carbonyl (C=O) groups excluding carboxylic acids is 1. The van der Waals surface area contributed by atoms with Crippen molar-refractivity contribution in [1.82, 2.24) is 20.2 Å². The first-order chi connectivity index (χ1) is 12.4.